The van der Waals surface area contributed by atoms with Gasteiger partial charge >= 0.3 is 0 Å². The molecule has 5 aromatic carbocycles. The number of fused-ring (bicyclic) bond motifs is 2. The van der Waals surface area contributed by atoms with Crippen molar-refractivity contribution >= 4 is 53.4 Å². The monoisotopic (exact) mass is 500 g/mol. The first kappa shape index (κ1) is 18.6. The van der Waals surface area contributed by atoms with E-state index >= 15 is 0 Å². The molecule has 0 bridgehead atoms. The highest BCUT2D eigenvalue weighted by atomic mass is 79.9. The Morgan fingerprint density at radius 3 is 1.45 bits per heavy atom. The summed E-state index contributed by atoms with van der Waals surface area (Å²) in [5, 5.41) is 5.15. The van der Waals surface area contributed by atoms with Gasteiger partial charge in [0.2, 0.25) is 0 Å². The summed E-state index contributed by atoms with van der Waals surface area (Å²) in [6, 6.07) is 32.8. The fourth-order valence-electron chi connectivity index (χ4n) is 4.15. The summed E-state index contributed by atoms with van der Waals surface area (Å²) < 4.78 is 2.19. The van der Waals surface area contributed by atoms with Gasteiger partial charge in [-0.15, -0.1) is 0 Å². The molecule has 0 aliphatic rings. The van der Waals surface area contributed by atoms with Crippen LogP contribution in [0.25, 0.3) is 43.8 Å². The third kappa shape index (κ3) is 3.31. The van der Waals surface area contributed by atoms with Gasteiger partial charge < -0.3 is 0 Å². The van der Waals surface area contributed by atoms with Gasteiger partial charge in [0, 0.05) is 8.95 Å². The van der Waals surface area contributed by atoms with Crippen LogP contribution < -0.4 is 0 Å². The maximum Gasteiger partial charge on any atom is 0.0175 e. The van der Waals surface area contributed by atoms with Crippen LogP contribution >= 0.6 is 31.9 Å². The van der Waals surface area contributed by atoms with E-state index in [1.807, 2.05) is 0 Å². The Morgan fingerprint density at radius 1 is 0.483 bits per heavy atom. The minimum Gasteiger partial charge on any atom is -0.0616 e. The van der Waals surface area contributed by atoms with Crippen LogP contribution in [0.5, 0.6) is 0 Å². The van der Waals surface area contributed by atoms with Gasteiger partial charge in [-0.25, -0.2) is 0 Å². The zero-order valence-corrected chi connectivity index (χ0v) is 19.1. The molecule has 0 heterocycles. The summed E-state index contributed by atoms with van der Waals surface area (Å²) in [5.74, 6) is 0. The van der Waals surface area contributed by atoms with E-state index in [9.17, 15) is 0 Å². The molecule has 0 amide bonds. The summed E-state index contributed by atoms with van der Waals surface area (Å²) in [7, 11) is 0. The van der Waals surface area contributed by atoms with Crippen molar-refractivity contribution in [1.29, 1.82) is 0 Å². The molecule has 5 rings (SSSR count). The van der Waals surface area contributed by atoms with Crippen molar-refractivity contribution in [1.82, 2.24) is 0 Å². The van der Waals surface area contributed by atoms with Gasteiger partial charge in [-0.3, -0.25) is 0 Å². The molecule has 0 aromatic heterocycles. The SMILES string of the molecule is Cc1ccc2c(-c3ccc(Br)cc3)c3ccccc3c(-c3ccc(Br)cc3)c2c1. The van der Waals surface area contributed by atoms with E-state index < -0.39 is 0 Å². The minimum absolute atomic E-state index is 1.09. The van der Waals surface area contributed by atoms with Crippen LogP contribution in [0.4, 0.5) is 0 Å². The first-order valence-corrected chi connectivity index (χ1v) is 11.2. The van der Waals surface area contributed by atoms with Crippen LogP contribution in [0.2, 0.25) is 0 Å². The number of hydrogen-bond donors (Lipinski definition) is 0. The van der Waals surface area contributed by atoms with Gasteiger partial charge in [-0.1, -0.05) is 104 Å². The molecule has 0 unspecified atom stereocenters. The fraction of sp³-hybridized carbons (Fsp3) is 0.0370. The van der Waals surface area contributed by atoms with E-state index in [-0.39, 0.29) is 0 Å². The molecular weight excluding hydrogens is 484 g/mol. The number of rotatable bonds is 2. The highest BCUT2D eigenvalue weighted by Crippen LogP contribution is 2.44. The molecule has 29 heavy (non-hydrogen) atoms. The molecule has 0 saturated carbocycles. The van der Waals surface area contributed by atoms with Gasteiger partial charge in [0.25, 0.3) is 0 Å². The predicted molar refractivity (Wildman–Crippen MR) is 132 cm³/mol. The first-order valence-electron chi connectivity index (χ1n) is 9.59. The lowest BCUT2D eigenvalue weighted by molar-refractivity contribution is 1.50. The second-order valence-corrected chi connectivity index (χ2v) is 9.19. The number of aryl methyl sites for hydroxylation is 1. The molecule has 0 fully saturated rings. The third-order valence-electron chi connectivity index (χ3n) is 5.45. The quantitative estimate of drug-likeness (QED) is 0.211. The van der Waals surface area contributed by atoms with Gasteiger partial charge in [0.05, 0.1) is 0 Å². The Kier molecular flexibility index (Phi) is 4.77. The van der Waals surface area contributed by atoms with E-state index in [4.69, 9.17) is 0 Å². The lowest BCUT2D eigenvalue weighted by atomic mass is 9.85. The molecule has 0 nitrogen and oxygen atoms in total. The Balaban J connectivity index is 1.98. The van der Waals surface area contributed by atoms with Crippen LogP contribution in [-0.4, -0.2) is 0 Å². The summed E-state index contributed by atoms with van der Waals surface area (Å²) in [4.78, 5) is 0. The van der Waals surface area contributed by atoms with Crippen molar-refractivity contribution in [2.45, 2.75) is 6.92 Å². The minimum atomic E-state index is 1.09. The Labute approximate surface area is 187 Å². The average Bonchev–Trinajstić information content (AvgIpc) is 2.74. The van der Waals surface area contributed by atoms with E-state index in [1.54, 1.807) is 0 Å². The van der Waals surface area contributed by atoms with Crippen molar-refractivity contribution in [3.05, 3.63) is 106 Å². The van der Waals surface area contributed by atoms with E-state index in [2.05, 4.69) is 130 Å². The maximum absolute atomic E-state index is 3.57. The predicted octanol–water partition coefficient (Wildman–Crippen LogP) is 9.16. The van der Waals surface area contributed by atoms with Crippen molar-refractivity contribution in [2.24, 2.45) is 0 Å². The number of hydrogen-bond acceptors (Lipinski definition) is 0. The zero-order chi connectivity index (χ0) is 20.0. The van der Waals surface area contributed by atoms with E-state index in [0.717, 1.165) is 8.95 Å². The largest absolute Gasteiger partial charge is 0.0616 e. The molecule has 0 N–H and O–H groups in total. The smallest absolute Gasteiger partial charge is 0.0175 e. The van der Waals surface area contributed by atoms with Crippen LogP contribution in [0.1, 0.15) is 5.56 Å². The summed E-state index contributed by atoms with van der Waals surface area (Å²) in [6.45, 7) is 2.17. The molecule has 0 saturated heterocycles. The average molecular weight is 502 g/mol. The second-order valence-electron chi connectivity index (χ2n) is 7.36. The van der Waals surface area contributed by atoms with E-state index in [0.29, 0.717) is 0 Å². The van der Waals surface area contributed by atoms with Gasteiger partial charge in [-0.2, -0.15) is 0 Å². The standard InChI is InChI=1S/C27H18Br2/c1-17-6-15-24-25(16-17)27(19-9-13-21(29)14-10-19)23-5-3-2-4-22(23)26(24)18-7-11-20(28)12-8-18/h2-16H,1H3. The first-order chi connectivity index (χ1) is 14.1. The summed E-state index contributed by atoms with van der Waals surface area (Å²) in [6.07, 6.45) is 0. The lowest BCUT2D eigenvalue weighted by Crippen LogP contribution is -1.91. The summed E-state index contributed by atoms with van der Waals surface area (Å²) in [5.41, 5.74) is 6.34. The molecule has 140 valence electrons. The Bertz CT molecular complexity index is 1350. The number of halogens is 2. The van der Waals surface area contributed by atoms with Crippen molar-refractivity contribution in [3.63, 3.8) is 0 Å². The Hall–Kier alpha value is -2.42. The lowest BCUT2D eigenvalue weighted by Gasteiger charge is -2.18. The molecule has 2 heteroatoms. The molecular formula is C27H18Br2. The van der Waals surface area contributed by atoms with Gasteiger partial charge in [-0.05, 0) is 75.0 Å². The highest BCUT2D eigenvalue weighted by molar-refractivity contribution is 9.10. The molecule has 0 radical (unpaired) electrons. The van der Waals surface area contributed by atoms with Crippen LogP contribution in [0.15, 0.2) is 99.9 Å². The topological polar surface area (TPSA) is 0 Å². The van der Waals surface area contributed by atoms with Crippen LogP contribution in [-0.2, 0) is 0 Å². The third-order valence-corrected chi connectivity index (χ3v) is 6.50. The zero-order valence-electron chi connectivity index (χ0n) is 15.9. The molecule has 0 spiro atoms. The van der Waals surface area contributed by atoms with Gasteiger partial charge in [0.1, 0.15) is 0 Å². The summed E-state index contributed by atoms with van der Waals surface area (Å²) >= 11 is 7.14. The van der Waals surface area contributed by atoms with Crippen molar-refractivity contribution in [3.8, 4) is 22.3 Å². The molecule has 5 aromatic rings. The van der Waals surface area contributed by atoms with Crippen LogP contribution in [0, 0.1) is 6.92 Å². The Morgan fingerprint density at radius 2 is 0.931 bits per heavy atom. The molecule has 0 aliphatic carbocycles. The maximum atomic E-state index is 3.57. The number of benzene rings is 5. The van der Waals surface area contributed by atoms with Crippen LogP contribution in [0.3, 0.4) is 0 Å². The second kappa shape index (κ2) is 7.44. The fourth-order valence-corrected chi connectivity index (χ4v) is 4.68. The normalized spacial score (nSPS) is 11.3. The van der Waals surface area contributed by atoms with Gasteiger partial charge in [0.15, 0.2) is 0 Å². The van der Waals surface area contributed by atoms with Crippen molar-refractivity contribution in [2.75, 3.05) is 0 Å². The van der Waals surface area contributed by atoms with Crippen molar-refractivity contribution < 1.29 is 0 Å². The highest BCUT2D eigenvalue weighted by Gasteiger charge is 2.16. The molecule has 0 atom stereocenters. The van der Waals surface area contributed by atoms with E-state index in [1.165, 1.54) is 49.4 Å². The molecule has 0 aliphatic heterocycles.